The molecule has 0 unspecified atom stereocenters. The van der Waals surface area contributed by atoms with Crippen LogP contribution in [0.5, 0.6) is 5.75 Å². The van der Waals surface area contributed by atoms with Crippen LogP contribution < -0.4 is 4.74 Å². The molecule has 0 aliphatic rings. The molecule has 0 radical (unpaired) electrons. The quantitative estimate of drug-likeness (QED) is 0.791. The number of carboxylic acids is 1. The highest BCUT2D eigenvalue weighted by Crippen LogP contribution is 2.32. The van der Waals surface area contributed by atoms with E-state index in [9.17, 15) is 4.79 Å². The van der Waals surface area contributed by atoms with Gasteiger partial charge in [-0.2, -0.15) is 0 Å². The van der Waals surface area contributed by atoms with Gasteiger partial charge in [0.05, 0.1) is 12.5 Å². The number of furan rings is 1. The van der Waals surface area contributed by atoms with Crippen LogP contribution in [0.4, 0.5) is 0 Å². The largest absolute Gasteiger partial charge is 0.492 e. The van der Waals surface area contributed by atoms with Crippen LogP contribution in [-0.4, -0.2) is 18.2 Å². The molecular weight excluding hydrogens is 184 g/mol. The van der Waals surface area contributed by atoms with Crippen molar-refractivity contribution in [1.29, 1.82) is 0 Å². The summed E-state index contributed by atoms with van der Waals surface area (Å²) in [5.74, 6) is -1.01. The Morgan fingerprint density at radius 2 is 2.14 bits per heavy atom. The lowest BCUT2D eigenvalue weighted by atomic mass is 10.2. The molecule has 4 nitrogen and oxygen atoms in total. The maximum absolute atomic E-state index is 10.8. The normalized spacial score (nSPS) is 10.4. The number of aromatic carboxylic acids is 1. The summed E-state index contributed by atoms with van der Waals surface area (Å²) in [7, 11) is 1.42. The fraction of sp³-hybridized carbons (Fsp3) is 0.100. The molecule has 1 heterocycles. The van der Waals surface area contributed by atoms with Crippen molar-refractivity contribution in [2.45, 2.75) is 0 Å². The van der Waals surface area contributed by atoms with Crippen molar-refractivity contribution in [3.05, 3.63) is 30.0 Å². The van der Waals surface area contributed by atoms with Gasteiger partial charge >= 0.3 is 5.97 Å². The van der Waals surface area contributed by atoms with Crippen LogP contribution in [0.3, 0.4) is 0 Å². The molecule has 2 aromatic rings. The summed E-state index contributed by atoms with van der Waals surface area (Å²) in [5.41, 5.74) is 0.516. The van der Waals surface area contributed by atoms with Gasteiger partial charge in [0.25, 0.3) is 5.76 Å². The van der Waals surface area contributed by atoms with E-state index in [4.69, 9.17) is 14.3 Å². The Bertz CT molecular complexity index is 484. The number of rotatable bonds is 2. The monoisotopic (exact) mass is 192 g/mol. The number of benzene rings is 1. The molecule has 0 fully saturated rings. The van der Waals surface area contributed by atoms with Crippen molar-refractivity contribution in [3.63, 3.8) is 0 Å². The number of methoxy groups -OCH3 is 1. The zero-order valence-electron chi connectivity index (χ0n) is 7.48. The van der Waals surface area contributed by atoms with Gasteiger partial charge in [-0.3, -0.25) is 0 Å². The molecule has 2 rings (SSSR count). The smallest absolute Gasteiger partial charge is 0.375 e. The minimum atomic E-state index is -1.13. The van der Waals surface area contributed by atoms with Crippen LogP contribution in [-0.2, 0) is 0 Å². The van der Waals surface area contributed by atoms with Gasteiger partial charge in [-0.05, 0) is 12.1 Å². The first-order valence-electron chi connectivity index (χ1n) is 4.03. The average Bonchev–Trinajstić information content (AvgIpc) is 2.56. The minimum absolute atomic E-state index is 0.159. The summed E-state index contributed by atoms with van der Waals surface area (Å²) in [5, 5.41) is 9.50. The summed E-state index contributed by atoms with van der Waals surface area (Å²) in [6.07, 6.45) is 0. The molecule has 1 aromatic carbocycles. The third-order valence-electron chi connectivity index (χ3n) is 1.95. The van der Waals surface area contributed by atoms with Gasteiger partial charge in [0.1, 0.15) is 5.58 Å². The molecule has 0 bridgehead atoms. The lowest BCUT2D eigenvalue weighted by molar-refractivity contribution is 0.0660. The van der Waals surface area contributed by atoms with Crippen LogP contribution in [0, 0.1) is 0 Å². The fourth-order valence-corrected chi connectivity index (χ4v) is 1.37. The van der Waals surface area contributed by atoms with E-state index in [-0.39, 0.29) is 11.5 Å². The molecular formula is C10H8O4. The second-order valence-electron chi connectivity index (χ2n) is 2.77. The van der Waals surface area contributed by atoms with Crippen molar-refractivity contribution in [2.24, 2.45) is 0 Å². The number of fused-ring (bicyclic) bond motifs is 1. The fourth-order valence-electron chi connectivity index (χ4n) is 1.37. The van der Waals surface area contributed by atoms with Crippen LogP contribution in [0.25, 0.3) is 11.0 Å². The molecule has 0 saturated carbocycles. The highest BCUT2D eigenvalue weighted by atomic mass is 16.5. The van der Waals surface area contributed by atoms with E-state index in [1.807, 2.05) is 0 Å². The molecule has 0 amide bonds. The summed E-state index contributed by atoms with van der Waals surface area (Å²) in [4.78, 5) is 10.8. The second kappa shape index (κ2) is 3.06. The first kappa shape index (κ1) is 8.62. The lowest BCUT2D eigenvalue weighted by Gasteiger charge is -1.95. The third-order valence-corrected chi connectivity index (χ3v) is 1.95. The summed E-state index contributed by atoms with van der Waals surface area (Å²) < 4.78 is 10.1. The highest BCUT2D eigenvalue weighted by Gasteiger charge is 2.19. The van der Waals surface area contributed by atoms with E-state index in [1.54, 1.807) is 24.3 Å². The molecule has 1 N–H and O–H groups in total. The molecule has 0 aliphatic heterocycles. The SMILES string of the molecule is COc1c(C(=O)O)oc2ccccc12. The van der Waals surface area contributed by atoms with Crippen LogP contribution in [0.1, 0.15) is 10.6 Å². The van der Waals surface area contributed by atoms with Gasteiger partial charge < -0.3 is 14.3 Å². The number of ether oxygens (including phenoxy) is 1. The van der Waals surface area contributed by atoms with Crippen LogP contribution in [0.15, 0.2) is 28.7 Å². The Morgan fingerprint density at radius 1 is 1.43 bits per heavy atom. The van der Waals surface area contributed by atoms with Gasteiger partial charge in [-0.1, -0.05) is 12.1 Å². The summed E-state index contributed by atoms with van der Waals surface area (Å²) in [6.45, 7) is 0. The standard InChI is InChI=1S/C10H8O4/c1-13-8-6-4-2-3-5-7(6)14-9(8)10(11)12/h2-5H,1H3,(H,11,12). The van der Waals surface area contributed by atoms with E-state index in [2.05, 4.69) is 0 Å². The molecule has 0 atom stereocenters. The molecule has 4 heteroatoms. The second-order valence-corrected chi connectivity index (χ2v) is 2.77. The molecule has 72 valence electrons. The van der Waals surface area contributed by atoms with E-state index >= 15 is 0 Å². The van der Waals surface area contributed by atoms with Gasteiger partial charge in [0.2, 0.25) is 0 Å². The molecule has 0 aliphatic carbocycles. The average molecular weight is 192 g/mol. The molecule has 0 saturated heterocycles. The van der Waals surface area contributed by atoms with Gasteiger partial charge in [-0.15, -0.1) is 0 Å². The minimum Gasteiger partial charge on any atom is -0.492 e. The Kier molecular flexibility index (Phi) is 1.89. The maximum atomic E-state index is 10.8. The first-order chi connectivity index (χ1) is 6.74. The Balaban J connectivity index is 2.78. The van der Waals surface area contributed by atoms with Crippen molar-refractivity contribution in [2.75, 3.05) is 7.11 Å². The van der Waals surface area contributed by atoms with E-state index < -0.39 is 5.97 Å². The topological polar surface area (TPSA) is 59.7 Å². The van der Waals surface area contributed by atoms with Crippen molar-refractivity contribution < 1.29 is 19.1 Å². The maximum Gasteiger partial charge on any atom is 0.375 e. The van der Waals surface area contributed by atoms with Crippen LogP contribution in [0.2, 0.25) is 0 Å². The van der Waals surface area contributed by atoms with E-state index in [0.717, 1.165) is 0 Å². The number of para-hydroxylation sites is 1. The first-order valence-corrected chi connectivity index (χ1v) is 4.03. The summed E-state index contributed by atoms with van der Waals surface area (Å²) in [6, 6.07) is 7.03. The number of hydrogen-bond acceptors (Lipinski definition) is 3. The Hall–Kier alpha value is -1.97. The van der Waals surface area contributed by atoms with Crippen molar-refractivity contribution in [1.82, 2.24) is 0 Å². The zero-order valence-corrected chi connectivity index (χ0v) is 7.48. The molecule has 0 spiro atoms. The number of carboxylic acid groups (broad SMARTS) is 1. The Labute approximate surface area is 79.7 Å². The third kappa shape index (κ3) is 1.12. The molecule has 1 aromatic heterocycles. The van der Waals surface area contributed by atoms with Gasteiger partial charge in [-0.25, -0.2) is 4.79 Å². The van der Waals surface area contributed by atoms with E-state index in [1.165, 1.54) is 7.11 Å². The van der Waals surface area contributed by atoms with Crippen molar-refractivity contribution in [3.8, 4) is 5.75 Å². The predicted molar refractivity (Wildman–Crippen MR) is 49.7 cm³/mol. The zero-order chi connectivity index (χ0) is 10.1. The summed E-state index contributed by atoms with van der Waals surface area (Å²) >= 11 is 0. The van der Waals surface area contributed by atoms with Crippen molar-refractivity contribution >= 4 is 16.9 Å². The number of hydrogen-bond donors (Lipinski definition) is 1. The lowest BCUT2D eigenvalue weighted by Crippen LogP contribution is -1.96. The van der Waals surface area contributed by atoms with Gasteiger partial charge in [0, 0.05) is 0 Å². The molecule has 14 heavy (non-hydrogen) atoms. The Morgan fingerprint density at radius 3 is 2.79 bits per heavy atom. The van der Waals surface area contributed by atoms with Crippen LogP contribution >= 0.6 is 0 Å². The predicted octanol–water partition coefficient (Wildman–Crippen LogP) is 2.14. The van der Waals surface area contributed by atoms with E-state index in [0.29, 0.717) is 11.0 Å². The van der Waals surface area contributed by atoms with Gasteiger partial charge in [0.15, 0.2) is 5.75 Å². The highest BCUT2D eigenvalue weighted by molar-refractivity contribution is 5.97. The number of carbonyl (C=O) groups is 1.